The minimum atomic E-state index is -0.151. The van der Waals surface area contributed by atoms with Crippen LogP contribution in [0.5, 0.6) is 0 Å². The van der Waals surface area contributed by atoms with Crippen LogP contribution >= 0.6 is 15.9 Å². The zero-order chi connectivity index (χ0) is 10.8. The smallest absolute Gasteiger partial charge is 0.124 e. The molecule has 1 aromatic rings. The van der Waals surface area contributed by atoms with E-state index in [-0.39, 0.29) is 6.10 Å². The summed E-state index contributed by atoms with van der Waals surface area (Å²) in [4.78, 5) is 6.29. The SMILES string of the molecule is Nc1cc(Br)c(N2CCC(O)CC2)cn1. The molecular weight excluding hydrogens is 258 g/mol. The van der Waals surface area contributed by atoms with Gasteiger partial charge in [-0.2, -0.15) is 0 Å². The van der Waals surface area contributed by atoms with E-state index in [0.717, 1.165) is 36.1 Å². The van der Waals surface area contributed by atoms with Crippen LogP contribution in [0.25, 0.3) is 0 Å². The van der Waals surface area contributed by atoms with E-state index in [4.69, 9.17) is 5.73 Å². The number of nitrogen functional groups attached to an aromatic ring is 1. The van der Waals surface area contributed by atoms with Gasteiger partial charge < -0.3 is 15.7 Å². The zero-order valence-electron chi connectivity index (χ0n) is 8.36. The minimum Gasteiger partial charge on any atom is -0.393 e. The average Bonchev–Trinajstić information content (AvgIpc) is 2.20. The van der Waals surface area contributed by atoms with Crippen molar-refractivity contribution in [3.63, 3.8) is 0 Å². The van der Waals surface area contributed by atoms with Gasteiger partial charge in [0.05, 0.1) is 18.0 Å². The monoisotopic (exact) mass is 271 g/mol. The molecule has 0 radical (unpaired) electrons. The molecule has 2 heterocycles. The fourth-order valence-electron chi connectivity index (χ4n) is 1.78. The molecule has 0 spiro atoms. The molecular formula is C10H14BrN3O. The quantitative estimate of drug-likeness (QED) is 0.811. The summed E-state index contributed by atoms with van der Waals surface area (Å²) in [5, 5.41) is 9.41. The van der Waals surface area contributed by atoms with Crippen LogP contribution < -0.4 is 10.6 Å². The Kier molecular flexibility index (Phi) is 3.11. The number of halogens is 1. The summed E-state index contributed by atoms with van der Waals surface area (Å²) in [5.41, 5.74) is 6.63. The normalized spacial score (nSPS) is 18.1. The molecule has 1 aliphatic heterocycles. The van der Waals surface area contributed by atoms with Crippen LogP contribution in [0, 0.1) is 0 Å². The van der Waals surface area contributed by atoms with Crippen LogP contribution in [0.15, 0.2) is 16.7 Å². The first-order chi connectivity index (χ1) is 7.16. The van der Waals surface area contributed by atoms with E-state index in [2.05, 4.69) is 25.8 Å². The van der Waals surface area contributed by atoms with Crippen molar-refractivity contribution in [2.75, 3.05) is 23.7 Å². The number of nitrogens with two attached hydrogens (primary N) is 1. The lowest BCUT2D eigenvalue weighted by atomic mass is 10.1. The molecule has 0 aromatic carbocycles. The number of pyridine rings is 1. The lowest BCUT2D eigenvalue weighted by Crippen LogP contribution is -2.36. The number of aliphatic hydroxyl groups excluding tert-OH is 1. The second kappa shape index (κ2) is 4.37. The van der Waals surface area contributed by atoms with E-state index in [1.807, 2.05) is 0 Å². The molecule has 1 saturated heterocycles. The Balaban J connectivity index is 2.15. The van der Waals surface area contributed by atoms with Gasteiger partial charge in [0.25, 0.3) is 0 Å². The van der Waals surface area contributed by atoms with E-state index < -0.39 is 0 Å². The van der Waals surface area contributed by atoms with Gasteiger partial charge in [-0.3, -0.25) is 0 Å². The minimum absolute atomic E-state index is 0.151. The van der Waals surface area contributed by atoms with Crippen molar-refractivity contribution in [3.05, 3.63) is 16.7 Å². The lowest BCUT2D eigenvalue weighted by molar-refractivity contribution is 0.145. The first-order valence-electron chi connectivity index (χ1n) is 5.01. The summed E-state index contributed by atoms with van der Waals surface area (Å²) in [6.45, 7) is 1.73. The van der Waals surface area contributed by atoms with E-state index in [9.17, 15) is 5.11 Å². The second-order valence-corrected chi connectivity index (χ2v) is 4.63. The van der Waals surface area contributed by atoms with E-state index in [1.54, 1.807) is 12.3 Å². The van der Waals surface area contributed by atoms with Crippen molar-refractivity contribution in [3.8, 4) is 0 Å². The van der Waals surface area contributed by atoms with Gasteiger partial charge in [-0.1, -0.05) is 0 Å². The highest BCUT2D eigenvalue weighted by molar-refractivity contribution is 9.10. The predicted molar refractivity (Wildman–Crippen MR) is 63.8 cm³/mol. The molecule has 0 aliphatic carbocycles. The maximum atomic E-state index is 9.41. The average molecular weight is 272 g/mol. The number of rotatable bonds is 1. The number of nitrogens with zero attached hydrogens (tertiary/aromatic N) is 2. The summed E-state index contributed by atoms with van der Waals surface area (Å²) in [6, 6.07) is 1.81. The number of piperidine rings is 1. The number of hydrogen-bond donors (Lipinski definition) is 2. The van der Waals surface area contributed by atoms with Crippen LogP contribution in [0.1, 0.15) is 12.8 Å². The van der Waals surface area contributed by atoms with Crippen LogP contribution in [0.4, 0.5) is 11.5 Å². The van der Waals surface area contributed by atoms with Gasteiger partial charge in [-0.15, -0.1) is 0 Å². The third-order valence-electron chi connectivity index (χ3n) is 2.66. The third-order valence-corrected chi connectivity index (χ3v) is 3.30. The van der Waals surface area contributed by atoms with Gasteiger partial charge in [0.15, 0.2) is 0 Å². The number of hydrogen-bond acceptors (Lipinski definition) is 4. The summed E-state index contributed by atoms with van der Waals surface area (Å²) >= 11 is 3.47. The molecule has 0 unspecified atom stereocenters. The standard InChI is InChI=1S/C10H14BrN3O/c11-8-5-10(12)13-6-9(8)14-3-1-7(15)2-4-14/h5-7,15H,1-4H2,(H2,12,13). The molecule has 0 amide bonds. The van der Waals surface area contributed by atoms with Crippen LogP contribution in [0.3, 0.4) is 0 Å². The third kappa shape index (κ3) is 2.41. The Labute approximate surface area is 97.2 Å². The van der Waals surface area contributed by atoms with Crippen molar-refractivity contribution >= 4 is 27.4 Å². The molecule has 4 nitrogen and oxygen atoms in total. The molecule has 1 aliphatic rings. The fourth-order valence-corrected chi connectivity index (χ4v) is 2.37. The van der Waals surface area contributed by atoms with Crippen molar-refractivity contribution in [1.82, 2.24) is 4.98 Å². The van der Waals surface area contributed by atoms with Gasteiger partial charge in [-0.05, 0) is 34.8 Å². The summed E-state index contributed by atoms with van der Waals surface area (Å²) in [5.74, 6) is 0.516. The van der Waals surface area contributed by atoms with E-state index >= 15 is 0 Å². The number of anilines is 2. The highest BCUT2D eigenvalue weighted by Crippen LogP contribution is 2.28. The van der Waals surface area contributed by atoms with Crippen molar-refractivity contribution in [2.24, 2.45) is 0 Å². The summed E-state index contributed by atoms with van der Waals surface area (Å²) in [6.07, 6.45) is 3.26. The predicted octanol–water partition coefficient (Wildman–Crippen LogP) is 1.39. The topological polar surface area (TPSA) is 62.4 Å². The number of aliphatic hydroxyl groups is 1. The highest BCUT2D eigenvalue weighted by Gasteiger charge is 2.19. The maximum Gasteiger partial charge on any atom is 0.124 e. The Morgan fingerprint density at radius 2 is 2.13 bits per heavy atom. The van der Waals surface area contributed by atoms with Crippen molar-refractivity contribution < 1.29 is 5.11 Å². The molecule has 3 N–H and O–H groups in total. The summed E-state index contributed by atoms with van der Waals surface area (Å²) in [7, 11) is 0. The Hall–Kier alpha value is -0.810. The molecule has 15 heavy (non-hydrogen) atoms. The molecule has 1 fully saturated rings. The van der Waals surface area contributed by atoms with Gasteiger partial charge in [0.2, 0.25) is 0 Å². The Morgan fingerprint density at radius 1 is 1.47 bits per heavy atom. The molecule has 82 valence electrons. The first-order valence-corrected chi connectivity index (χ1v) is 5.80. The van der Waals surface area contributed by atoms with Crippen LogP contribution in [0.2, 0.25) is 0 Å². The lowest BCUT2D eigenvalue weighted by Gasteiger charge is -2.31. The van der Waals surface area contributed by atoms with Crippen LogP contribution in [-0.4, -0.2) is 29.3 Å². The Bertz CT molecular complexity index is 351. The highest BCUT2D eigenvalue weighted by atomic mass is 79.9. The van der Waals surface area contributed by atoms with Crippen molar-refractivity contribution in [2.45, 2.75) is 18.9 Å². The van der Waals surface area contributed by atoms with Gasteiger partial charge in [-0.25, -0.2) is 4.98 Å². The molecule has 5 heteroatoms. The van der Waals surface area contributed by atoms with Gasteiger partial charge >= 0.3 is 0 Å². The first kappa shape index (κ1) is 10.7. The van der Waals surface area contributed by atoms with E-state index in [0.29, 0.717) is 5.82 Å². The van der Waals surface area contributed by atoms with Crippen LogP contribution in [-0.2, 0) is 0 Å². The molecule has 2 rings (SSSR count). The van der Waals surface area contributed by atoms with E-state index in [1.165, 1.54) is 0 Å². The van der Waals surface area contributed by atoms with Gasteiger partial charge in [0.1, 0.15) is 5.82 Å². The zero-order valence-corrected chi connectivity index (χ0v) is 9.94. The molecule has 0 bridgehead atoms. The largest absolute Gasteiger partial charge is 0.393 e. The maximum absolute atomic E-state index is 9.41. The summed E-state index contributed by atoms with van der Waals surface area (Å²) < 4.78 is 0.964. The number of aromatic nitrogens is 1. The van der Waals surface area contributed by atoms with Gasteiger partial charge in [0, 0.05) is 17.6 Å². The molecule has 0 saturated carbocycles. The van der Waals surface area contributed by atoms with Crippen molar-refractivity contribution in [1.29, 1.82) is 0 Å². The Morgan fingerprint density at radius 3 is 2.73 bits per heavy atom. The molecule has 0 atom stereocenters. The second-order valence-electron chi connectivity index (χ2n) is 3.78. The fraction of sp³-hybridized carbons (Fsp3) is 0.500. The molecule has 1 aromatic heterocycles.